The summed E-state index contributed by atoms with van der Waals surface area (Å²) in [5, 5.41) is 8.02. The first-order valence-corrected chi connectivity index (χ1v) is 11.8. The largest absolute Gasteiger partial charge is 0.352 e. The van der Waals surface area contributed by atoms with Crippen molar-refractivity contribution in [1.29, 1.82) is 0 Å². The van der Waals surface area contributed by atoms with E-state index >= 15 is 0 Å². The van der Waals surface area contributed by atoms with Crippen LogP contribution in [0.1, 0.15) is 40.9 Å². The molecule has 1 saturated heterocycles. The van der Waals surface area contributed by atoms with Crippen molar-refractivity contribution in [2.45, 2.75) is 58.0 Å². The summed E-state index contributed by atoms with van der Waals surface area (Å²) in [7, 11) is 0. The number of hydrogen-bond acceptors (Lipinski definition) is 3. The Bertz CT molecular complexity index is 1080. The van der Waals surface area contributed by atoms with Crippen LogP contribution in [0.4, 0.5) is 0 Å². The van der Waals surface area contributed by atoms with Gasteiger partial charge >= 0.3 is 0 Å². The molecule has 5 nitrogen and oxygen atoms in total. The molecule has 3 aromatic rings. The van der Waals surface area contributed by atoms with Crippen molar-refractivity contribution in [2.75, 3.05) is 13.1 Å². The van der Waals surface area contributed by atoms with Crippen molar-refractivity contribution in [3.05, 3.63) is 82.7 Å². The number of nitrogens with zero attached hydrogens (tertiary/aromatic N) is 3. The number of likely N-dealkylation sites (tertiary alicyclic amines) is 1. The predicted molar refractivity (Wildman–Crippen MR) is 127 cm³/mol. The molecule has 1 amide bonds. The van der Waals surface area contributed by atoms with Crippen LogP contribution < -0.4 is 5.32 Å². The number of carbonyl (C=O) groups excluding carboxylic acids is 1. The minimum absolute atomic E-state index is 0.102. The summed E-state index contributed by atoms with van der Waals surface area (Å²) in [4.78, 5) is 15.6. The van der Waals surface area contributed by atoms with Crippen LogP contribution in [0.5, 0.6) is 0 Å². The van der Waals surface area contributed by atoms with Crippen molar-refractivity contribution in [3.63, 3.8) is 0 Å². The molecule has 1 aliphatic heterocycles. The van der Waals surface area contributed by atoms with Gasteiger partial charge in [0.05, 0.1) is 17.8 Å². The number of piperidine rings is 1. The van der Waals surface area contributed by atoms with Gasteiger partial charge in [-0.2, -0.15) is 5.10 Å². The quantitative estimate of drug-likeness (QED) is 0.673. The highest BCUT2D eigenvalue weighted by Gasteiger charge is 2.31. The van der Waals surface area contributed by atoms with Gasteiger partial charge in [-0.3, -0.25) is 9.69 Å². The molecular formula is C27H32N4O. The molecule has 0 saturated carbocycles. The van der Waals surface area contributed by atoms with Gasteiger partial charge in [0.15, 0.2) is 0 Å². The van der Waals surface area contributed by atoms with Gasteiger partial charge in [-0.05, 0) is 69.3 Å². The highest BCUT2D eigenvalue weighted by atomic mass is 16.1. The van der Waals surface area contributed by atoms with E-state index in [0.29, 0.717) is 12.5 Å². The van der Waals surface area contributed by atoms with Crippen LogP contribution in [0.3, 0.4) is 0 Å². The molecule has 1 N–H and O–H groups in total. The minimum Gasteiger partial charge on any atom is -0.352 e. The summed E-state index contributed by atoms with van der Waals surface area (Å²) in [6.07, 6.45) is 4.85. The van der Waals surface area contributed by atoms with E-state index in [1.165, 1.54) is 11.1 Å². The maximum atomic E-state index is 13.0. The standard InChI is InChI=1S/C27H32N4O/c1-19-26(20(2)31(29-19)24-12-4-3-5-13-24)17-27(32)28-23-11-8-14-30(18-23)25-15-21-9-6-7-10-22(21)16-25/h3-7,9-10,12-13,23,25H,8,11,14-18H2,1-2H3,(H,28,32). The lowest BCUT2D eigenvalue weighted by molar-refractivity contribution is -0.121. The average Bonchev–Trinajstić information content (AvgIpc) is 3.36. The van der Waals surface area contributed by atoms with Gasteiger partial charge in [0.25, 0.3) is 0 Å². The molecule has 1 atom stereocenters. The molecule has 2 heterocycles. The number of aromatic nitrogens is 2. The van der Waals surface area contributed by atoms with Gasteiger partial charge in [-0.1, -0.05) is 42.5 Å². The molecule has 1 aliphatic carbocycles. The topological polar surface area (TPSA) is 50.2 Å². The fourth-order valence-corrected chi connectivity index (χ4v) is 5.44. The maximum absolute atomic E-state index is 13.0. The summed E-state index contributed by atoms with van der Waals surface area (Å²) in [5.41, 5.74) is 7.01. The van der Waals surface area contributed by atoms with Crippen LogP contribution in [0, 0.1) is 13.8 Å². The highest BCUT2D eigenvalue weighted by Crippen LogP contribution is 2.27. The number of nitrogens with one attached hydrogen (secondary N) is 1. The number of amides is 1. The highest BCUT2D eigenvalue weighted by molar-refractivity contribution is 5.79. The molecule has 1 fully saturated rings. The predicted octanol–water partition coefficient (Wildman–Crippen LogP) is 3.78. The van der Waals surface area contributed by atoms with E-state index in [4.69, 9.17) is 5.10 Å². The van der Waals surface area contributed by atoms with E-state index in [2.05, 4.69) is 41.4 Å². The zero-order chi connectivity index (χ0) is 22.1. The molecule has 5 heteroatoms. The number of aryl methyl sites for hydroxylation is 1. The number of carbonyl (C=O) groups is 1. The first-order valence-electron chi connectivity index (χ1n) is 11.8. The molecule has 1 unspecified atom stereocenters. The third kappa shape index (κ3) is 4.22. The monoisotopic (exact) mass is 428 g/mol. The Morgan fingerprint density at radius 2 is 1.72 bits per heavy atom. The van der Waals surface area contributed by atoms with Crippen LogP contribution in [0.15, 0.2) is 54.6 Å². The second-order valence-electron chi connectivity index (χ2n) is 9.31. The Morgan fingerprint density at radius 1 is 1.03 bits per heavy atom. The Labute approximate surface area is 190 Å². The fourth-order valence-electron chi connectivity index (χ4n) is 5.44. The van der Waals surface area contributed by atoms with E-state index < -0.39 is 0 Å². The van der Waals surface area contributed by atoms with E-state index in [0.717, 1.165) is 61.4 Å². The molecule has 32 heavy (non-hydrogen) atoms. The van der Waals surface area contributed by atoms with Crippen molar-refractivity contribution < 1.29 is 4.79 Å². The van der Waals surface area contributed by atoms with E-state index in [1.807, 2.05) is 41.9 Å². The third-order valence-electron chi connectivity index (χ3n) is 7.14. The molecule has 2 aliphatic rings. The van der Waals surface area contributed by atoms with Gasteiger partial charge in [0.1, 0.15) is 0 Å². The van der Waals surface area contributed by atoms with E-state index in [-0.39, 0.29) is 11.9 Å². The van der Waals surface area contributed by atoms with Crippen molar-refractivity contribution in [3.8, 4) is 5.69 Å². The summed E-state index contributed by atoms with van der Waals surface area (Å²) in [5.74, 6) is 0.102. The van der Waals surface area contributed by atoms with Crippen molar-refractivity contribution in [2.24, 2.45) is 0 Å². The number of benzene rings is 2. The number of hydrogen-bond donors (Lipinski definition) is 1. The summed E-state index contributed by atoms with van der Waals surface area (Å²) in [6.45, 7) is 6.13. The average molecular weight is 429 g/mol. The van der Waals surface area contributed by atoms with Gasteiger partial charge in [-0.15, -0.1) is 0 Å². The smallest absolute Gasteiger partial charge is 0.224 e. The molecule has 5 rings (SSSR count). The van der Waals surface area contributed by atoms with Crippen LogP contribution in [-0.4, -0.2) is 45.8 Å². The first kappa shape index (κ1) is 21.0. The zero-order valence-corrected chi connectivity index (χ0v) is 19.1. The molecule has 2 aromatic carbocycles. The fraction of sp³-hybridized carbons (Fsp3) is 0.407. The second kappa shape index (κ2) is 8.91. The van der Waals surface area contributed by atoms with Gasteiger partial charge in [-0.25, -0.2) is 4.68 Å². The second-order valence-corrected chi connectivity index (χ2v) is 9.31. The van der Waals surface area contributed by atoms with Gasteiger partial charge in [0.2, 0.25) is 5.91 Å². The van der Waals surface area contributed by atoms with E-state index in [1.54, 1.807) is 0 Å². The molecule has 1 aromatic heterocycles. The van der Waals surface area contributed by atoms with Crippen LogP contribution >= 0.6 is 0 Å². The number of rotatable bonds is 5. The zero-order valence-electron chi connectivity index (χ0n) is 19.1. The SMILES string of the molecule is Cc1nn(-c2ccccc2)c(C)c1CC(=O)NC1CCCN(C2Cc3ccccc3C2)C1. The lowest BCUT2D eigenvalue weighted by Crippen LogP contribution is -2.51. The molecule has 0 bridgehead atoms. The summed E-state index contributed by atoms with van der Waals surface area (Å²) in [6, 6.07) is 19.7. The van der Waals surface area contributed by atoms with Crippen molar-refractivity contribution in [1.82, 2.24) is 20.0 Å². The Hall–Kier alpha value is -2.92. The van der Waals surface area contributed by atoms with Crippen molar-refractivity contribution >= 4 is 5.91 Å². The van der Waals surface area contributed by atoms with Crippen LogP contribution in [-0.2, 0) is 24.1 Å². The maximum Gasteiger partial charge on any atom is 0.224 e. The molecule has 166 valence electrons. The van der Waals surface area contributed by atoms with Crippen LogP contribution in [0.2, 0.25) is 0 Å². The Kier molecular flexibility index (Phi) is 5.83. The molecule has 0 radical (unpaired) electrons. The summed E-state index contributed by atoms with van der Waals surface area (Å²) >= 11 is 0. The lowest BCUT2D eigenvalue weighted by Gasteiger charge is -2.37. The first-order chi connectivity index (χ1) is 15.6. The Balaban J connectivity index is 1.21. The third-order valence-corrected chi connectivity index (χ3v) is 7.14. The number of fused-ring (bicyclic) bond motifs is 1. The molecular weight excluding hydrogens is 396 g/mol. The normalized spacial score (nSPS) is 19.1. The van der Waals surface area contributed by atoms with Gasteiger partial charge in [0, 0.05) is 29.9 Å². The van der Waals surface area contributed by atoms with Gasteiger partial charge < -0.3 is 5.32 Å². The lowest BCUT2D eigenvalue weighted by atomic mass is 10.0. The Morgan fingerprint density at radius 3 is 2.44 bits per heavy atom. The minimum atomic E-state index is 0.102. The van der Waals surface area contributed by atoms with Crippen LogP contribution in [0.25, 0.3) is 5.69 Å². The summed E-state index contributed by atoms with van der Waals surface area (Å²) < 4.78 is 1.94. The number of para-hydroxylation sites is 1. The van der Waals surface area contributed by atoms with E-state index in [9.17, 15) is 4.79 Å². The molecule has 0 spiro atoms.